The summed E-state index contributed by atoms with van der Waals surface area (Å²) in [6.45, 7) is 11.6. The van der Waals surface area contributed by atoms with Crippen LogP contribution >= 0.6 is 0 Å². The van der Waals surface area contributed by atoms with Crippen LogP contribution in [0, 0.1) is 11.3 Å². The average Bonchev–Trinajstić information content (AvgIpc) is 4.06. The Labute approximate surface area is 426 Å². The Morgan fingerprint density at radius 1 is 0.808 bits per heavy atom. The quantitative estimate of drug-likeness (QED) is 0.180. The van der Waals surface area contributed by atoms with Crippen molar-refractivity contribution >= 4 is 57.9 Å². The number of nitrogens with zero attached hydrogens (tertiary/aromatic N) is 9. The van der Waals surface area contributed by atoms with E-state index in [2.05, 4.69) is 79.9 Å². The third-order valence-electron chi connectivity index (χ3n) is 18.8. The lowest BCUT2D eigenvalue weighted by atomic mass is 9.72. The number of piperidine rings is 4. The molecule has 384 valence electrons. The second-order valence-corrected chi connectivity index (χ2v) is 23.6. The first kappa shape index (κ1) is 46.8. The highest BCUT2D eigenvalue weighted by Crippen LogP contribution is 2.53. The van der Waals surface area contributed by atoms with Gasteiger partial charge in [-0.1, -0.05) is 25.1 Å². The first-order chi connectivity index (χ1) is 35.3. The number of anilines is 3. The Bertz CT molecular complexity index is 2850. The number of fused-ring (bicyclic) bond motifs is 5. The molecule has 6 saturated heterocycles. The SMILES string of the molecule is CC(C)n1cnc2cc(-c3ccc4c(c3)N([C@H]3C[C@@H](N5C6COCC5C6)C3)C(=O)C43CCN(C(=O)C4(C)CCN(C(=O)C5CCN(c6ccc(C7CCC(=O)NC7=O)cn6)CC5)CC4)CC3)nc(NC3CC3)c21. The van der Waals surface area contributed by atoms with Gasteiger partial charge in [0.2, 0.25) is 29.5 Å². The second-order valence-electron chi connectivity index (χ2n) is 23.6. The Balaban J connectivity index is 0.673. The highest BCUT2D eigenvalue weighted by atomic mass is 16.5. The van der Waals surface area contributed by atoms with E-state index in [9.17, 15) is 19.2 Å². The molecule has 73 heavy (non-hydrogen) atoms. The van der Waals surface area contributed by atoms with E-state index in [4.69, 9.17) is 14.7 Å². The predicted octanol–water partition coefficient (Wildman–Crippen LogP) is 5.92. The monoisotopic (exact) mass is 992 g/mol. The van der Waals surface area contributed by atoms with E-state index in [1.807, 2.05) is 28.3 Å². The van der Waals surface area contributed by atoms with Gasteiger partial charge in [-0.15, -0.1) is 0 Å². The molecule has 3 aromatic heterocycles. The number of pyridine rings is 2. The summed E-state index contributed by atoms with van der Waals surface area (Å²) >= 11 is 0. The zero-order chi connectivity index (χ0) is 49.9. The zero-order valence-corrected chi connectivity index (χ0v) is 42.6. The van der Waals surface area contributed by atoms with E-state index in [-0.39, 0.29) is 53.5 Å². The number of ether oxygens (including phenoxy) is 1. The van der Waals surface area contributed by atoms with Crippen molar-refractivity contribution in [3.8, 4) is 11.3 Å². The second kappa shape index (κ2) is 17.9. The van der Waals surface area contributed by atoms with Crippen LogP contribution in [0.25, 0.3) is 22.3 Å². The van der Waals surface area contributed by atoms with Gasteiger partial charge in [-0.3, -0.25) is 34.2 Å². The Morgan fingerprint density at radius 3 is 2.21 bits per heavy atom. The molecule has 0 radical (unpaired) electrons. The number of aromatic nitrogens is 4. The van der Waals surface area contributed by atoms with E-state index in [0.717, 1.165) is 102 Å². The molecule has 1 aromatic carbocycles. The van der Waals surface area contributed by atoms with Crippen LogP contribution in [0.2, 0.25) is 0 Å². The van der Waals surface area contributed by atoms with Gasteiger partial charge in [-0.25, -0.2) is 15.0 Å². The normalized spacial score (nSPS) is 28.1. The first-order valence-electron chi connectivity index (χ1n) is 27.4. The van der Waals surface area contributed by atoms with E-state index in [1.165, 1.54) is 6.42 Å². The Morgan fingerprint density at radius 2 is 1.53 bits per heavy atom. The summed E-state index contributed by atoms with van der Waals surface area (Å²) in [6, 6.07) is 14.7. The van der Waals surface area contributed by atoms with Gasteiger partial charge < -0.3 is 34.2 Å². The highest BCUT2D eigenvalue weighted by molar-refractivity contribution is 6.09. The van der Waals surface area contributed by atoms with Crippen LogP contribution in [0.3, 0.4) is 0 Å². The zero-order valence-electron chi connectivity index (χ0n) is 42.6. The lowest BCUT2D eigenvalue weighted by molar-refractivity contribution is -0.161. The van der Waals surface area contributed by atoms with Crippen LogP contribution in [-0.2, 0) is 34.1 Å². The maximum absolute atomic E-state index is 15.3. The van der Waals surface area contributed by atoms with Crippen molar-refractivity contribution in [1.82, 2.24) is 39.5 Å². The molecule has 2 bridgehead atoms. The topological polar surface area (TPSA) is 178 Å². The van der Waals surface area contributed by atoms with Crippen LogP contribution in [0.15, 0.2) is 48.9 Å². The molecule has 5 amide bonds. The molecule has 13 rings (SSSR count). The third kappa shape index (κ3) is 8.00. The number of carbonyl (C=O) groups is 5. The molecule has 2 aliphatic carbocycles. The van der Waals surface area contributed by atoms with E-state index in [1.54, 1.807) is 6.20 Å². The molecule has 2 N–H and O–H groups in total. The fourth-order valence-corrected chi connectivity index (χ4v) is 14.0. The number of imide groups is 1. The minimum Gasteiger partial charge on any atom is -0.378 e. The smallest absolute Gasteiger partial charge is 0.238 e. The molecule has 7 aliphatic heterocycles. The van der Waals surface area contributed by atoms with Crippen LogP contribution in [0.5, 0.6) is 0 Å². The number of likely N-dealkylation sites (tertiary alicyclic amines) is 2. The predicted molar refractivity (Wildman–Crippen MR) is 275 cm³/mol. The molecule has 8 fully saturated rings. The van der Waals surface area contributed by atoms with Gasteiger partial charge in [0.15, 0.2) is 5.82 Å². The van der Waals surface area contributed by atoms with Crippen molar-refractivity contribution in [2.75, 3.05) is 67.6 Å². The van der Waals surface area contributed by atoms with Crippen molar-refractivity contribution < 1.29 is 28.7 Å². The summed E-state index contributed by atoms with van der Waals surface area (Å²) in [5.41, 5.74) is 5.35. The van der Waals surface area contributed by atoms with Crippen molar-refractivity contribution in [2.24, 2.45) is 11.3 Å². The summed E-state index contributed by atoms with van der Waals surface area (Å²) in [4.78, 5) is 93.7. The minimum absolute atomic E-state index is 0.0769. The van der Waals surface area contributed by atoms with Gasteiger partial charge in [-0.05, 0) is 120 Å². The number of benzene rings is 1. The number of carbonyl (C=O) groups excluding carboxylic acids is 5. The molecular formula is C56H69N11O6. The van der Waals surface area contributed by atoms with Crippen LogP contribution < -0.4 is 20.4 Å². The number of rotatable bonds is 10. The first-order valence-corrected chi connectivity index (χ1v) is 27.4. The van der Waals surface area contributed by atoms with Gasteiger partial charge in [0, 0.05) is 111 Å². The van der Waals surface area contributed by atoms with Crippen molar-refractivity contribution in [1.29, 1.82) is 0 Å². The number of hydrogen-bond acceptors (Lipinski definition) is 12. The lowest BCUT2D eigenvalue weighted by Crippen LogP contribution is -2.70. The number of nitrogens with one attached hydrogen (secondary N) is 2. The summed E-state index contributed by atoms with van der Waals surface area (Å²) in [7, 11) is 0. The Kier molecular flexibility index (Phi) is 11.5. The van der Waals surface area contributed by atoms with E-state index < -0.39 is 10.8 Å². The van der Waals surface area contributed by atoms with Crippen LogP contribution in [0.4, 0.5) is 17.3 Å². The van der Waals surface area contributed by atoms with Gasteiger partial charge >= 0.3 is 0 Å². The maximum Gasteiger partial charge on any atom is 0.238 e. The fourth-order valence-electron chi connectivity index (χ4n) is 14.0. The lowest BCUT2D eigenvalue weighted by Gasteiger charge is -2.60. The fraction of sp³-hybridized carbons (Fsp3) is 0.607. The molecule has 1 spiro atoms. The largest absolute Gasteiger partial charge is 0.378 e. The highest BCUT2D eigenvalue weighted by Gasteiger charge is 2.58. The van der Waals surface area contributed by atoms with Crippen LogP contribution in [0.1, 0.15) is 127 Å². The summed E-state index contributed by atoms with van der Waals surface area (Å²) in [5, 5.41) is 6.13. The summed E-state index contributed by atoms with van der Waals surface area (Å²) in [6.07, 6.45) is 13.7. The van der Waals surface area contributed by atoms with Crippen molar-refractivity contribution in [2.45, 2.75) is 152 Å². The number of imidazole rings is 1. The number of morpholine rings is 1. The number of amides is 5. The molecule has 17 nitrogen and oxygen atoms in total. The molecular weight excluding hydrogens is 923 g/mol. The molecule has 9 aliphatic rings. The van der Waals surface area contributed by atoms with E-state index in [0.29, 0.717) is 102 Å². The van der Waals surface area contributed by atoms with Gasteiger partial charge in [0.1, 0.15) is 11.3 Å². The average molecular weight is 992 g/mol. The van der Waals surface area contributed by atoms with Crippen LogP contribution in [-0.4, -0.2) is 146 Å². The van der Waals surface area contributed by atoms with Crippen molar-refractivity contribution in [3.63, 3.8) is 0 Å². The summed E-state index contributed by atoms with van der Waals surface area (Å²) in [5.74, 6) is 1.24. The molecule has 10 heterocycles. The molecule has 3 atom stereocenters. The van der Waals surface area contributed by atoms with Gasteiger partial charge in [0.25, 0.3) is 0 Å². The molecule has 3 unspecified atom stereocenters. The summed E-state index contributed by atoms with van der Waals surface area (Å²) < 4.78 is 8.03. The van der Waals surface area contributed by atoms with Gasteiger partial charge in [-0.2, -0.15) is 0 Å². The molecule has 2 saturated carbocycles. The maximum atomic E-state index is 15.3. The molecule has 17 heteroatoms. The Hall–Kier alpha value is -5.94. The standard InChI is InChI=1S/C56H69N11O6/c1-33(2)65-32-58-45-28-44(60-50(49(45)65)59-37-6-7-37)35-4-9-43-46(24-35)67(39-25-38(26-39)66-40-27-41(66)31-73-30-40)54(72)56(43)16-22-64(23-17-56)53(71)55(3)14-20-63(21-15-55)52(70)34-12-18-62(19-13-34)47-10-5-36(29-57-47)42-8-11-48(68)61-51(42)69/h4-5,9-10,24,28-29,32-34,37-42H,6-8,11-23,25-27,30-31H2,1-3H3,(H,59,60)(H,61,68,69)/t38-,39+,40?,41?,42?. The van der Waals surface area contributed by atoms with Crippen molar-refractivity contribution in [3.05, 3.63) is 60.0 Å². The number of hydrogen-bond donors (Lipinski definition) is 2. The van der Waals surface area contributed by atoms with E-state index >= 15 is 4.79 Å². The molecule has 4 aromatic rings. The minimum atomic E-state index is -0.704. The van der Waals surface area contributed by atoms with Gasteiger partial charge in [0.05, 0.1) is 42.1 Å². The third-order valence-corrected chi connectivity index (χ3v) is 18.8.